The molecular weight excluding hydrogens is 385 g/mol. The summed E-state index contributed by atoms with van der Waals surface area (Å²) in [5.41, 5.74) is 5.07. The maximum absolute atomic E-state index is 13.1. The highest BCUT2D eigenvalue weighted by molar-refractivity contribution is 5.85. The van der Waals surface area contributed by atoms with E-state index >= 15 is 0 Å². The number of aromatic amines is 1. The Bertz CT molecular complexity index is 1110. The van der Waals surface area contributed by atoms with Crippen molar-refractivity contribution in [2.24, 2.45) is 5.92 Å². The van der Waals surface area contributed by atoms with Crippen molar-refractivity contribution in [1.29, 1.82) is 0 Å². The van der Waals surface area contributed by atoms with Gasteiger partial charge in [-0.2, -0.15) is 13.2 Å². The molecule has 5 heteroatoms. The number of fused-ring (bicyclic) bond motifs is 3. The van der Waals surface area contributed by atoms with E-state index in [4.69, 9.17) is 0 Å². The van der Waals surface area contributed by atoms with Gasteiger partial charge >= 0.3 is 6.18 Å². The minimum atomic E-state index is -4.31. The maximum atomic E-state index is 13.1. The van der Waals surface area contributed by atoms with E-state index in [9.17, 15) is 13.2 Å². The SMILES string of the molecule is CC1CC(C2CC(c3cccc(C(F)(F)F)c3)=CCN2)Cc2c1[nH]c1ccccc21. The molecule has 1 aromatic heterocycles. The molecule has 0 fully saturated rings. The molecule has 5 rings (SSSR count). The molecule has 0 bridgehead atoms. The quantitative estimate of drug-likeness (QED) is 0.510. The van der Waals surface area contributed by atoms with Crippen LogP contribution in [-0.4, -0.2) is 17.6 Å². The second-order valence-electron chi connectivity index (χ2n) is 8.69. The van der Waals surface area contributed by atoms with Gasteiger partial charge in [0.25, 0.3) is 0 Å². The summed E-state index contributed by atoms with van der Waals surface area (Å²) in [5, 5.41) is 4.92. The van der Waals surface area contributed by atoms with Crippen molar-refractivity contribution in [3.8, 4) is 0 Å². The van der Waals surface area contributed by atoms with Gasteiger partial charge in [0.1, 0.15) is 0 Å². The lowest BCUT2D eigenvalue weighted by Gasteiger charge is -2.36. The Hall–Kier alpha value is -2.53. The van der Waals surface area contributed by atoms with E-state index in [1.165, 1.54) is 34.3 Å². The van der Waals surface area contributed by atoms with Crippen molar-refractivity contribution in [2.45, 2.75) is 44.3 Å². The average molecular weight is 410 g/mol. The van der Waals surface area contributed by atoms with Crippen molar-refractivity contribution >= 4 is 16.5 Å². The molecule has 2 heterocycles. The van der Waals surface area contributed by atoms with Crippen LogP contribution < -0.4 is 5.32 Å². The van der Waals surface area contributed by atoms with Gasteiger partial charge in [0.2, 0.25) is 0 Å². The van der Waals surface area contributed by atoms with Gasteiger partial charge in [0, 0.05) is 29.2 Å². The topological polar surface area (TPSA) is 27.8 Å². The number of aromatic nitrogens is 1. The zero-order chi connectivity index (χ0) is 20.9. The van der Waals surface area contributed by atoms with Crippen LogP contribution >= 0.6 is 0 Å². The fourth-order valence-corrected chi connectivity index (χ4v) is 5.28. The first-order valence-electron chi connectivity index (χ1n) is 10.6. The first kappa shape index (κ1) is 19.4. The van der Waals surface area contributed by atoms with E-state index < -0.39 is 11.7 Å². The molecule has 3 unspecified atom stereocenters. The molecule has 1 aliphatic heterocycles. The van der Waals surface area contributed by atoms with Crippen LogP contribution in [0.5, 0.6) is 0 Å². The summed E-state index contributed by atoms with van der Waals surface area (Å²) in [7, 11) is 0. The largest absolute Gasteiger partial charge is 0.416 e. The van der Waals surface area contributed by atoms with Gasteiger partial charge < -0.3 is 10.3 Å². The summed E-state index contributed by atoms with van der Waals surface area (Å²) in [6.07, 6.45) is 0.559. The highest BCUT2D eigenvalue weighted by atomic mass is 19.4. The summed E-state index contributed by atoms with van der Waals surface area (Å²) in [6.45, 7) is 2.97. The fourth-order valence-electron chi connectivity index (χ4n) is 5.28. The van der Waals surface area contributed by atoms with E-state index in [1.807, 2.05) is 6.08 Å². The van der Waals surface area contributed by atoms with Gasteiger partial charge in [-0.15, -0.1) is 0 Å². The lowest BCUT2D eigenvalue weighted by Crippen LogP contribution is -2.41. The third-order valence-corrected chi connectivity index (χ3v) is 6.76. The molecule has 2 nitrogen and oxygen atoms in total. The highest BCUT2D eigenvalue weighted by Gasteiger charge is 2.34. The average Bonchev–Trinajstić information content (AvgIpc) is 3.13. The second kappa shape index (κ2) is 7.31. The van der Waals surface area contributed by atoms with Crippen molar-refractivity contribution in [2.75, 3.05) is 6.54 Å². The van der Waals surface area contributed by atoms with Crippen LogP contribution in [0.1, 0.15) is 48.1 Å². The lowest BCUT2D eigenvalue weighted by molar-refractivity contribution is -0.137. The van der Waals surface area contributed by atoms with E-state index in [1.54, 1.807) is 6.07 Å². The fraction of sp³-hybridized carbons (Fsp3) is 0.360. The lowest BCUT2D eigenvalue weighted by atomic mass is 9.74. The van der Waals surface area contributed by atoms with Crippen LogP contribution in [0.3, 0.4) is 0 Å². The highest BCUT2D eigenvalue weighted by Crippen LogP contribution is 2.41. The van der Waals surface area contributed by atoms with Crippen LogP contribution in [0, 0.1) is 5.92 Å². The maximum Gasteiger partial charge on any atom is 0.416 e. The number of hydrogen-bond acceptors (Lipinski definition) is 1. The number of para-hydroxylation sites is 1. The molecular formula is C25H25F3N2. The Labute approximate surface area is 174 Å². The van der Waals surface area contributed by atoms with E-state index in [2.05, 4.69) is 41.5 Å². The number of H-pyrrole nitrogens is 1. The number of benzene rings is 2. The zero-order valence-corrected chi connectivity index (χ0v) is 16.9. The van der Waals surface area contributed by atoms with Gasteiger partial charge in [-0.3, -0.25) is 0 Å². The molecule has 0 saturated carbocycles. The second-order valence-corrected chi connectivity index (χ2v) is 8.69. The van der Waals surface area contributed by atoms with Crippen molar-refractivity contribution in [1.82, 2.24) is 10.3 Å². The van der Waals surface area contributed by atoms with E-state index in [-0.39, 0.29) is 6.04 Å². The molecule has 2 N–H and O–H groups in total. The predicted molar refractivity (Wildman–Crippen MR) is 114 cm³/mol. The zero-order valence-electron chi connectivity index (χ0n) is 16.9. The number of alkyl halides is 3. The first-order valence-corrected chi connectivity index (χ1v) is 10.6. The van der Waals surface area contributed by atoms with Crippen LogP contribution in [0.4, 0.5) is 13.2 Å². The van der Waals surface area contributed by atoms with Crippen molar-refractivity contribution in [3.63, 3.8) is 0 Å². The first-order chi connectivity index (χ1) is 14.4. The van der Waals surface area contributed by atoms with Crippen LogP contribution in [0.15, 0.2) is 54.6 Å². The van der Waals surface area contributed by atoms with Gasteiger partial charge in [-0.1, -0.05) is 43.3 Å². The summed E-state index contributed by atoms with van der Waals surface area (Å²) in [4.78, 5) is 3.61. The van der Waals surface area contributed by atoms with E-state index in [0.717, 1.165) is 30.9 Å². The molecule has 2 aliphatic rings. The molecule has 3 aromatic rings. The van der Waals surface area contributed by atoms with Gasteiger partial charge in [-0.25, -0.2) is 0 Å². The molecule has 0 saturated heterocycles. The number of halogens is 3. The molecule has 3 atom stereocenters. The van der Waals surface area contributed by atoms with Gasteiger partial charge in [-0.05, 0) is 66.0 Å². The number of nitrogens with one attached hydrogen (secondary N) is 2. The monoisotopic (exact) mass is 410 g/mol. The molecule has 156 valence electrons. The molecule has 0 amide bonds. The Morgan fingerprint density at radius 1 is 1.00 bits per heavy atom. The molecule has 1 aliphatic carbocycles. The van der Waals surface area contributed by atoms with Crippen LogP contribution in [0.25, 0.3) is 16.5 Å². The summed E-state index contributed by atoms with van der Waals surface area (Å²) >= 11 is 0. The molecule has 0 radical (unpaired) electrons. The normalized spacial score (nSPS) is 24.5. The molecule has 30 heavy (non-hydrogen) atoms. The van der Waals surface area contributed by atoms with Crippen molar-refractivity contribution < 1.29 is 13.2 Å². The molecule has 0 spiro atoms. The number of rotatable bonds is 2. The minimum Gasteiger partial charge on any atom is -0.358 e. The van der Waals surface area contributed by atoms with Gasteiger partial charge in [0.05, 0.1) is 5.56 Å². The number of hydrogen-bond donors (Lipinski definition) is 2. The Kier molecular flexibility index (Phi) is 4.73. The van der Waals surface area contributed by atoms with Crippen LogP contribution in [-0.2, 0) is 12.6 Å². The summed E-state index contributed by atoms with van der Waals surface area (Å²) in [6, 6.07) is 14.5. The Balaban J connectivity index is 1.40. The predicted octanol–water partition coefficient (Wildman–Crippen LogP) is 6.30. The Morgan fingerprint density at radius 2 is 1.83 bits per heavy atom. The smallest absolute Gasteiger partial charge is 0.358 e. The molecule has 2 aromatic carbocycles. The van der Waals surface area contributed by atoms with Gasteiger partial charge in [0.15, 0.2) is 0 Å². The minimum absolute atomic E-state index is 0.267. The third-order valence-electron chi connectivity index (χ3n) is 6.76. The third kappa shape index (κ3) is 3.45. The summed E-state index contributed by atoms with van der Waals surface area (Å²) in [5.74, 6) is 0.900. The van der Waals surface area contributed by atoms with E-state index in [0.29, 0.717) is 23.9 Å². The van der Waals surface area contributed by atoms with Crippen molar-refractivity contribution in [3.05, 3.63) is 77.0 Å². The standard InChI is InChI=1S/C25H25F3N2/c1-15-11-18(13-21-20-7-2-3-8-22(20)30-24(15)21)23-14-17(9-10-29-23)16-5-4-6-19(12-16)25(26,27)28/h2-9,12,15,18,23,29-30H,10-11,13-14H2,1H3. The Morgan fingerprint density at radius 3 is 2.67 bits per heavy atom. The van der Waals surface area contributed by atoms with Crippen LogP contribution in [0.2, 0.25) is 0 Å². The summed E-state index contributed by atoms with van der Waals surface area (Å²) < 4.78 is 39.4.